The van der Waals surface area contributed by atoms with Crippen molar-refractivity contribution in [2.45, 2.75) is 24.1 Å². The van der Waals surface area contributed by atoms with Crippen LogP contribution in [0.1, 0.15) is 24.2 Å². The molecule has 0 radical (unpaired) electrons. The lowest BCUT2D eigenvalue weighted by atomic mass is 10.1. The van der Waals surface area contributed by atoms with Gasteiger partial charge in [-0.05, 0) is 43.5 Å². The Morgan fingerprint density at radius 2 is 1.96 bits per heavy atom. The number of hydrogen-bond donors (Lipinski definition) is 3. The summed E-state index contributed by atoms with van der Waals surface area (Å²) in [4.78, 5) is 14.5. The molecule has 2 aromatic rings. The third-order valence-electron chi connectivity index (χ3n) is 4.14. The quantitative estimate of drug-likeness (QED) is 0.681. The van der Waals surface area contributed by atoms with Gasteiger partial charge in [0, 0.05) is 37.8 Å². The number of sulfonamides is 1. The Balaban J connectivity index is 1.97. The van der Waals surface area contributed by atoms with Gasteiger partial charge < -0.3 is 15.5 Å². The molecule has 0 atom stereocenters. The first-order valence-electron chi connectivity index (χ1n) is 8.84. The van der Waals surface area contributed by atoms with Crippen LogP contribution in [0.5, 0.6) is 0 Å². The Labute approximate surface area is 163 Å². The van der Waals surface area contributed by atoms with E-state index in [0.29, 0.717) is 11.3 Å². The van der Waals surface area contributed by atoms with Gasteiger partial charge in [0.2, 0.25) is 0 Å². The van der Waals surface area contributed by atoms with Gasteiger partial charge in [-0.1, -0.05) is 6.07 Å². The number of benzene rings is 1. The summed E-state index contributed by atoms with van der Waals surface area (Å²) >= 11 is 1.16. The summed E-state index contributed by atoms with van der Waals surface area (Å²) in [5.41, 5.74) is 1.62. The minimum absolute atomic E-state index is 0.00314. The molecule has 0 spiro atoms. The molecule has 146 valence electrons. The highest BCUT2D eigenvalue weighted by atomic mass is 32.2. The third kappa shape index (κ3) is 4.79. The summed E-state index contributed by atoms with van der Waals surface area (Å²) in [6, 6.07) is 8.41. The molecule has 2 heterocycles. The second-order valence-corrected chi connectivity index (χ2v) is 9.49. The van der Waals surface area contributed by atoms with Gasteiger partial charge in [0.25, 0.3) is 15.9 Å². The first kappa shape index (κ1) is 19.7. The van der Waals surface area contributed by atoms with E-state index >= 15 is 0 Å². The number of anilines is 2. The maximum atomic E-state index is 12.7. The molecule has 1 amide bonds. The maximum Gasteiger partial charge on any atom is 0.271 e. The van der Waals surface area contributed by atoms with Crippen LogP contribution in [0, 0.1) is 0 Å². The van der Waals surface area contributed by atoms with Crippen molar-refractivity contribution in [1.82, 2.24) is 10.6 Å². The number of piperazine rings is 1. The lowest BCUT2D eigenvalue weighted by Crippen LogP contribution is -2.43. The SMILES string of the molecule is CC(C)NC(=O)c1ccc(N2CCNCC2)c(NS(=O)(=O)c2cccs2)c1. The van der Waals surface area contributed by atoms with Gasteiger partial charge in [0.1, 0.15) is 4.21 Å². The zero-order valence-electron chi connectivity index (χ0n) is 15.4. The number of rotatable bonds is 6. The minimum Gasteiger partial charge on any atom is -0.367 e. The molecule has 1 aliphatic rings. The molecule has 1 aliphatic heterocycles. The van der Waals surface area contributed by atoms with Crippen molar-refractivity contribution >= 4 is 38.6 Å². The molecule has 0 saturated carbocycles. The van der Waals surface area contributed by atoms with Crippen molar-refractivity contribution in [2.24, 2.45) is 0 Å². The van der Waals surface area contributed by atoms with Gasteiger partial charge in [0.15, 0.2) is 0 Å². The van der Waals surface area contributed by atoms with Crippen LogP contribution in [0.3, 0.4) is 0 Å². The van der Waals surface area contributed by atoms with E-state index in [0.717, 1.165) is 43.2 Å². The van der Waals surface area contributed by atoms with Crippen LogP contribution in [-0.2, 0) is 10.0 Å². The summed E-state index contributed by atoms with van der Waals surface area (Å²) in [5.74, 6) is -0.228. The van der Waals surface area contributed by atoms with E-state index in [1.807, 2.05) is 19.9 Å². The van der Waals surface area contributed by atoms with Gasteiger partial charge in [-0.15, -0.1) is 11.3 Å². The third-order valence-corrected chi connectivity index (χ3v) is 6.90. The summed E-state index contributed by atoms with van der Waals surface area (Å²) < 4.78 is 28.4. The molecule has 9 heteroatoms. The van der Waals surface area contributed by atoms with Gasteiger partial charge in [-0.3, -0.25) is 9.52 Å². The molecule has 1 fully saturated rings. The van der Waals surface area contributed by atoms with E-state index in [2.05, 4.69) is 20.3 Å². The Bertz CT molecular complexity index is 889. The van der Waals surface area contributed by atoms with Crippen molar-refractivity contribution in [3.8, 4) is 0 Å². The Morgan fingerprint density at radius 3 is 2.59 bits per heavy atom. The molecular formula is C18H24N4O3S2. The molecule has 0 bridgehead atoms. The first-order chi connectivity index (χ1) is 12.9. The Kier molecular flexibility index (Phi) is 6.03. The average Bonchev–Trinajstić information content (AvgIpc) is 3.17. The highest BCUT2D eigenvalue weighted by Crippen LogP contribution is 2.30. The van der Waals surface area contributed by atoms with Crippen molar-refractivity contribution in [3.63, 3.8) is 0 Å². The number of carbonyl (C=O) groups is 1. The zero-order chi connectivity index (χ0) is 19.4. The predicted molar refractivity (Wildman–Crippen MR) is 109 cm³/mol. The average molecular weight is 409 g/mol. The highest BCUT2D eigenvalue weighted by molar-refractivity contribution is 7.94. The van der Waals surface area contributed by atoms with E-state index in [1.54, 1.807) is 29.6 Å². The van der Waals surface area contributed by atoms with E-state index in [4.69, 9.17) is 0 Å². The van der Waals surface area contributed by atoms with Crippen LogP contribution >= 0.6 is 11.3 Å². The number of hydrogen-bond acceptors (Lipinski definition) is 6. The van der Waals surface area contributed by atoms with Crippen molar-refractivity contribution < 1.29 is 13.2 Å². The smallest absolute Gasteiger partial charge is 0.271 e. The highest BCUT2D eigenvalue weighted by Gasteiger charge is 2.22. The second-order valence-electron chi connectivity index (χ2n) is 6.63. The molecule has 1 aromatic heterocycles. The van der Waals surface area contributed by atoms with Crippen molar-refractivity contribution in [3.05, 3.63) is 41.3 Å². The topological polar surface area (TPSA) is 90.5 Å². The van der Waals surface area contributed by atoms with Crippen LogP contribution in [0.2, 0.25) is 0 Å². The molecule has 1 aromatic carbocycles. The van der Waals surface area contributed by atoms with E-state index in [1.165, 1.54) is 0 Å². The summed E-state index contributed by atoms with van der Waals surface area (Å²) in [7, 11) is -3.70. The summed E-state index contributed by atoms with van der Waals surface area (Å²) in [6.45, 7) is 6.96. The van der Waals surface area contributed by atoms with Crippen LogP contribution in [0.15, 0.2) is 39.9 Å². The predicted octanol–water partition coefficient (Wildman–Crippen LogP) is 2.10. The summed E-state index contributed by atoms with van der Waals surface area (Å²) in [5, 5.41) is 7.84. The lowest BCUT2D eigenvalue weighted by Gasteiger charge is -2.31. The van der Waals surface area contributed by atoms with Crippen LogP contribution in [0.4, 0.5) is 11.4 Å². The van der Waals surface area contributed by atoms with E-state index < -0.39 is 10.0 Å². The molecule has 0 aliphatic carbocycles. The van der Waals surface area contributed by atoms with E-state index in [-0.39, 0.29) is 16.2 Å². The van der Waals surface area contributed by atoms with Gasteiger partial charge >= 0.3 is 0 Å². The number of thiophene rings is 1. The fourth-order valence-corrected chi connectivity index (χ4v) is 4.96. The lowest BCUT2D eigenvalue weighted by molar-refractivity contribution is 0.0943. The normalized spacial score (nSPS) is 15.0. The molecule has 3 rings (SSSR count). The Morgan fingerprint density at radius 1 is 1.22 bits per heavy atom. The number of carbonyl (C=O) groups excluding carboxylic acids is 1. The monoisotopic (exact) mass is 408 g/mol. The standard InChI is InChI=1S/C18H24N4O3S2/c1-13(2)20-18(23)14-5-6-16(22-9-7-19-8-10-22)15(12-14)21-27(24,25)17-4-3-11-26-17/h3-6,11-13,19,21H,7-10H2,1-2H3,(H,20,23). The van der Waals surface area contributed by atoms with Crippen LogP contribution in [0.25, 0.3) is 0 Å². The van der Waals surface area contributed by atoms with E-state index in [9.17, 15) is 13.2 Å². The number of nitrogens with zero attached hydrogens (tertiary/aromatic N) is 1. The minimum atomic E-state index is -3.70. The molecule has 27 heavy (non-hydrogen) atoms. The van der Waals surface area contributed by atoms with Crippen LogP contribution in [-0.4, -0.2) is 46.5 Å². The fourth-order valence-electron chi connectivity index (χ4n) is 2.90. The molecule has 7 nitrogen and oxygen atoms in total. The van der Waals surface area contributed by atoms with Gasteiger partial charge in [-0.2, -0.15) is 0 Å². The van der Waals surface area contributed by atoms with Crippen molar-refractivity contribution in [1.29, 1.82) is 0 Å². The number of amides is 1. The van der Waals surface area contributed by atoms with Crippen LogP contribution < -0.4 is 20.3 Å². The van der Waals surface area contributed by atoms with Gasteiger partial charge in [0.05, 0.1) is 11.4 Å². The molecule has 3 N–H and O–H groups in total. The zero-order valence-corrected chi connectivity index (χ0v) is 17.0. The largest absolute Gasteiger partial charge is 0.367 e. The van der Waals surface area contributed by atoms with Gasteiger partial charge in [-0.25, -0.2) is 8.42 Å². The maximum absolute atomic E-state index is 12.7. The fraction of sp³-hybridized carbons (Fsp3) is 0.389. The summed E-state index contributed by atoms with van der Waals surface area (Å²) in [6.07, 6.45) is 0. The first-order valence-corrected chi connectivity index (χ1v) is 11.2. The number of nitrogens with one attached hydrogen (secondary N) is 3. The van der Waals surface area contributed by atoms with Crippen molar-refractivity contribution in [2.75, 3.05) is 35.8 Å². The molecular weight excluding hydrogens is 384 g/mol. The Hall–Kier alpha value is -2.10. The second kappa shape index (κ2) is 8.28. The molecule has 1 saturated heterocycles. The molecule has 0 unspecified atom stereocenters.